The molecule has 3 aliphatic rings. The van der Waals surface area contributed by atoms with Gasteiger partial charge in [-0.1, -0.05) is 0 Å². The van der Waals surface area contributed by atoms with Gasteiger partial charge in [0, 0.05) is 25.8 Å². The van der Waals surface area contributed by atoms with Crippen LogP contribution in [-0.2, 0) is 9.59 Å². The molecule has 1 unspecified atom stereocenters. The van der Waals surface area contributed by atoms with Crippen molar-refractivity contribution in [2.75, 3.05) is 25.0 Å². The zero-order valence-corrected chi connectivity index (χ0v) is 14.1. The summed E-state index contributed by atoms with van der Waals surface area (Å²) in [6, 6.07) is -0.217. The van der Waals surface area contributed by atoms with Crippen LogP contribution >= 0.6 is 0 Å². The molecule has 4 rings (SSSR count). The number of carbonyl (C=O) groups is 2. The Kier molecular flexibility index (Phi) is 3.04. The summed E-state index contributed by atoms with van der Waals surface area (Å²) in [5, 5.41) is 13.8. The molecular formula is C16H21N5O3. The van der Waals surface area contributed by atoms with Crippen molar-refractivity contribution >= 4 is 17.8 Å². The molecule has 1 aliphatic carbocycles. The van der Waals surface area contributed by atoms with E-state index in [-0.39, 0.29) is 17.9 Å². The minimum Gasteiger partial charge on any atom is -0.481 e. The molecule has 1 saturated heterocycles. The third-order valence-electron chi connectivity index (χ3n) is 6.11. The van der Waals surface area contributed by atoms with Crippen LogP contribution in [0.4, 0.5) is 5.95 Å². The van der Waals surface area contributed by atoms with Crippen molar-refractivity contribution < 1.29 is 14.7 Å². The van der Waals surface area contributed by atoms with Gasteiger partial charge in [-0.2, -0.15) is 10.1 Å². The predicted octanol–water partition coefficient (Wildman–Crippen LogP) is 0.886. The first-order chi connectivity index (χ1) is 11.4. The number of hydrogen-bond donors (Lipinski definition) is 1. The monoisotopic (exact) mass is 331 g/mol. The van der Waals surface area contributed by atoms with Gasteiger partial charge in [0.25, 0.3) is 5.91 Å². The van der Waals surface area contributed by atoms with Crippen LogP contribution in [0.2, 0.25) is 0 Å². The molecule has 1 N–H and O–H groups in total. The quantitative estimate of drug-likeness (QED) is 0.865. The highest BCUT2D eigenvalue weighted by Gasteiger charge is 2.59. The van der Waals surface area contributed by atoms with Gasteiger partial charge >= 0.3 is 5.97 Å². The first-order valence-corrected chi connectivity index (χ1v) is 8.23. The standard InChI is InChI=1S/C16H21N5O3/c1-9-12(10(2)21-15(19(9)3)17-8-18-21)13(22)20-6-11-4-5-16(11,7-20)14(23)24/h8,10-11H,4-7H2,1-3H3,(H,23,24)/t10?,11-,16-/m0/s1. The maximum atomic E-state index is 13.2. The highest BCUT2D eigenvalue weighted by molar-refractivity contribution is 5.97. The van der Waals surface area contributed by atoms with Crippen molar-refractivity contribution in [3.05, 3.63) is 17.6 Å². The lowest BCUT2D eigenvalue weighted by Crippen LogP contribution is -2.46. The number of likely N-dealkylation sites (tertiary alicyclic amines) is 1. The Labute approximate surface area is 139 Å². The summed E-state index contributed by atoms with van der Waals surface area (Å²) in [4.78, 5) is 32.6. The molecule has 1 saturated carbocycles. The highest BCUT2D eigenvalue weighted by atomic mass is 16.4. The first kappa shape index (κ1) is 15.2. The van der Waals surface area contributed by atoms with E-state index in [2.05, 4.69) is 10.1 Å². The molecule has 24 heavy (non-hydrogen) atoms. The molecule has 1 aromatic heterocycles. The van der Waals surface area contributed by atoms with Gasteiger partial charge in [0.15, 0.2) is 0 Å². The first-order valence-electron chi connectivity index (χ1n) is 8.23. The summed E-state index contributed by atoms with van der Waals surface area (Å²) >= 11 is 0. The largest absolute Gasteiger partial charge is 0.481 e. The van der Waals surface area contributed by atoms with E-state index in [0.29, 0.717) is 31.0 Å². The maximum Gasteiger partial charge on any atom is 0.311 e. The van der Waals surface area contributed by atoms with Crippen molar-refractivity contribution in [3.63, 3.8) is 0 Å². The van der Waals surface area contributed by atoms with Gasteiger partial charge < -0.3 is 14.9 Å². The maximum absolute atomic E-state index is 13.2. The Balaban J connectivity index is 1.66. The van der Waals surface area contributed by atoms with Gasteiger partial charge in [-0.3, -0.25) is 9.59 Å². The van der Waals surface area contributed by atoms with E-state index in [9.17, 15) is 14.7 Å². The van der Waals surface area contributed by atoms with Gasteiger partial charge in [0.2, 0.25) is 5.95 Å². The molecule has 3 heterocycles. The van der Waals surface area contributed by atoms with Crippen LogP contribution in [0.25, 0.3) is 0 Å². The Morgan fingerprint density at radius 1 is 1.42 bits per heavy atom. The Bertz CT molecular complexity index is 770. The lowest BCUT2D eigenvalue weighted by Gasteiger charge is -2.39. The zero-order valence-electron chi connectivity index (χ0n) is 14.1. The fraction of sp³-hybridized carbons (Fsp3) is 0.625. The van der Waals surface area contributed by atoms with Crippen LogP contribution in [-0.4, -0.2) is 56.8 Å². The third kappa shape index (κ3) is 1.73. The van der Waals surface area contributed by atoms with E-state index in [0.717, 1.165) is 12.1 Å². The van der Waals surface area contributed by atoms with Gasteiger partial charge in [-0.25, -0.2) is 4.68 Å². The number of aliphatic carboxylic acids is 1. The van der Waals surface area contributed by atoms with Crippen LogP contribution < -0.4 is 4.90 Å². The SMILES string of the molecule is CC1=C(C(=O)N2C[C@@H]3CC[C@]3(C(=O)O)C2)C(C)n2ncnc2N1C. The Morgan fingerprint density at radius 3 is 2.75 bits per heavy atom. The fourth-order valence-electron chi connectivity index (χ4n) is 4.36. The molecule has 3 atom stereocenters. The molecule has 8 nitrogen and oxygen atoms in total. The summed E-state index contributed by atoms with van der Waals surface area (Å²) < 4.78 is 1.73. The van der Waals surface area contributed by atoms with Crippen molar-refractivity contribution in [2.24, 2.45) is 11.3 Å². The molecule has 2 aliphatic heterocycles. The molecule has 8 heteroatoms. The number of rotatable bonds is 2. The zero-order chi connectivity index (χ0) is 17.2. The lowest BCUT2D eigenvalue weighted by molar-refractivity contribution is -0.157. The molecular weight excluding hydrogens is 310 g/mol. The second-order valence-electron chi connectivity index (χ2n) is 7.12. The number of carboxylic acid groups (broad SMARTS) is 1. The van der Waals surface area contributed by atoms with Gasteiger partial charge in [0.05, 0.1) is 17.0 Å². The number of allylic oxidation sites excluding steroid dienone is 1. The number of anilines is 1. The van der Waals surface area contributed by atoms with Crippen molar-refractivity contribution in [1.29, 1.82) is 0 Å². The topological polar surface area (TPSA) is 91.6 Å². The summed E-state index contributed by atoms with van der Waals surface area (Å²) in [6.45, 7) is 4.67. The van der Waals surface area contributed by atoms with Gasteiger partial charge in [-0.15, -0.1) is 0 Å². The smallest absolute Gasteiger partial charge is 0.311 e. The second-order valence-corrected chi connectivity index (χ2v) is 7.12. The number of amides is 1. The number of hydrogen-bond acceptors (Lipinski definition) is 5. The molecule has 128 valence electrons. The van der Waals surface area contributed by atoms with Crippen molar-refractivity contribution in [1.82, 2.24) is 19.7 Å². The summed E-state index contributed by atoms with van der Waals surface area (Å²) in [6.07, 6.45) is 3.03. The Morgan fingerprint density at radius 2 is 2.17 bits per heavy atom. The van der Waals surface area contributed by atoms with Crippen LogP contribution in [0.15, 0.2) is 17.6 Å². The van der Waals surface area contributed by atoms with E-state index < -0.39 is 11.4 Å². The van der Waals surface area contributed by atoms with E-state index in [1.165, 1.54) is 6.33 Å². The number of nitrogens with zero attached hydrogens (tertiary/aromatic N) is 5. The van der Waals surface area contributed by atoms with E-state index in [1.54, 1.807) is 9.58 Å². The van der Waals surface area contributed by atoms with Crippen molar-refractivity contribution in [3.8, 4) is 0 Å². The fourth-order valence-corrected chi connectivity index (χ4v) is 4.36. The van der Waals surface area contributed by atoms with Crippen LogP contribution in [0.5, 0.6) is 0 Å². The number of fused-ring (bicyclic) bond motifs is 2. The van der Waals surface area contributed by atoms with E-state index in [4.69, 9.17) is 0 Å². The van der Waals surface area contributed by atoms with Crippen LogP contribution in [0.3, 0.4) is 0 Å². The number of aromatic nitrogens is 3. The lowest BCUT2D eigenvalue weighted by atomic mass is 9.62. The van der Waals surface area contributed by atoms with Gasteiger partial charge in [-0.05, 0) is 32.6 Å². The summed E-state index contributed by atoms with van der Waals surface area (Å²) in [7, 11) is 1.86. The Hall–Kier alpha value is -2.38. The van der Waals surface area contributed by atoms with Crippen LogP contribution in [0, 0.1) is 11.3 Å². The average molecular weight is 331 g/mol. The number of carboxylic acids is 1. The predicted molar refractivity (Wildman–Crippen MR) is 85.2 cm³/mol. The third-order valence-corrected chi connectivity index (χ3v) is 6.11. The molecule has 0 aromatic carbocycles. The minimum absolute atomic E-state index is 0.0805. The average Bonchev–Trinajstić information content (AvgIpc) is 3.10. The molecule has 2 fully saturated rings. The van der Waals surface area contributed by atoms with E-state index in [1.807, 2.05) is 25.8 Å². The number of carbonyl (C=O) groups excluding carboxylic acids is 1. The summed E-state index contributed by atoms with van der Waals surface area (Å²) in [5.41, 5.74) is 0.778. The highest BCUT2D eigenvalue weighted by Crippen LogP contribution is 2.52. The molecule has 0 radical (unpaired) electrons. The molecule has 1 amide bonds. The minimum atomic E-state index is -0.771. The normalized spacial score (nSPS) is 31.6. The van der Waals surface area contributed by atoms with Crippen LogP contribution in [0.1, 0.15) is 32.7 Å². The summed E-state index contributed by atoms with van der Waals surface area (Å²) in [5.74, 6) is -0.0615. The van der Waals surface area contributed by atoms with Gasteiger partial charge in [0.1, 0.15) is 6.33 Å². The molecule has 0 bridgehead atoms. The van der Waals surface area contributed by atoms with E-state index >= 15 is 0 Å². The van der Waals surface area contributed by atoms with Crippen molar-refractivity contribution in [2.45, 2.75) is 32.7 Å². The second kappa shape index (κ2) is 4.81. The molecule has 1 aromatic rings. The molecule has 0 spiro atoms.